The summed E-state index contributed by atoms with van der Waals surface area (Å²) in [5, 5.41) is 3.29. The fraction of sp³-hybridized carbons (Fsp3) is 0.588. The van der Waals surface area contributed by atoms with Gasteiger partial charge in [0.05, 0.1) is 12.0 Å². The molecule has 21 heavy (non-hydrogen) atoms. The van der Waals surface area contributed by atoms with Crippen LogP contribution in [0.15, 0.2) is 30.3 Å². The zero-order chi connectivity index (χ0) is 14.5. The van der Waals surface area contributed by atoms with Crippen molar-refractivity contribution in [3.05, 3.63) is 35.9 Å². The van der Waals surface area contributed by atoms with Crippen LogP contribution >= 0.6 is 0 Å². The summed E-state index contributed by atoms with van der Waals surface area (Å²) in [5.74, 6) is 0.412. The van der Waals surface area contributed by atoms with E-state index in [2.05, 4.69) is 17.4 Å². The number of rotatable bonds is 5. The van der Waals surface area contributed by atoms with Gasteiger partial charge in [-0.3, -0.25) is 4.79 Å². The number of benzene rings is 1. The third-order valence-electron chi connectivity index (χ3n) is 4.39. The molecule has 2 aliphatic heterocycles. The number of nitrogens with zero attached hydrogens (tertiary/aromatic N) is 1. The molecule has 0 saturated carbocycles. The van der Waals surface area contributed by atoms with Crippen molar-refractivity contribution in [1.29, 1.82) is 0 Å². The van der Waals surface area contributed by atoms with E-state index in [-0.39, 0.29) is 17.9 Å². The van der Waals surface area contributed by atoms with Crippen LogP contribution in [0.1, 0.15) is 24.8 Å². The maximum Gasteiger partial charge on any atom is 0.227 e. The first-order valence-corrected chi connectivity index (χ1v) is 7.98. The maximum absolute atomic E-state index is 12.8. The molecule has 0 radical (unpaired) electrons. The minimum atomic E-state index is 0.134. The van der Waals surface area contributed by atoms with Gasteiger partial charge in [0.2, 0.25) is 5.91 Å². The fourth-order valence-corrected chi connectivity index (χ4v) is 3.19. The minimum absolute atomic E-state index is 0.134. The Hall–Kier alpha value is -1.39. The summed E-state index contributed by atoms with van der Waals surface area (Å²) < 4.78 is 5.72. The summed E-state index contributed by atoms with van der Waals surface area (Å²) >= 11 is 0. The number of amides is 1. The highest BCUT2D eigenvalue weighted by Crippen LogP contribution is 2.19. The van der Waals surface area contributed by atoms with Crippen LogP contribution in [0.3, 0.4) is 0 Å². The Bertz CT molecular complexity index is 451. The second-order valence-electron chi connectivity index (χ2n) is 6.03. The average molecular weight is 288 g/mol. The highest BCUT2D eigenvalue weighted by molar-refractivity contribution is 5.79. The lowest BCUT2D eigenvalue weighted by atomic mass is 10.1. The van der Waals surface area contributed by atoms with Gasteiger partial charge in [0, 0.05) is 26.2 Å². The summed E-state index contributed by atoms with van der Waals surface area (Å²) in [6, 6.07) is 10.2. The fourth-order valence-electron chi connectivity index (χ4n) is 3.19. The largest absolute Gasteiger partial charge is 0.376 e. The summed E-state index contributed by atoms with van der Waals surface area (Å²) in [6.45, 7) is 4.02. The van der Waals surface area contributed by atoms with Crippen molar-refractivity contribution in [2.75, 3.05) is 26.2 Å². The Balaban J connectivity index is 1.68. The summed E-state index contributed by atoms with van der Waals surface area (Å²) in [7, 11) is 0. The van der Waals surface area contributed by atoms with E-state index < -0.39 is 0 Å². The van der Waals surface area contributed by atoms with Crippen molar-refractivity contribution in [2.24, 2.45) is 5.92 Å². The van der Waals surface area contributed by atoms with Gasteiger partial charge in [-0.05, 0) is 31.4 Å². The Kier molecular flexibility index (Phi) is 4.88. The van der Waals surface area contributed by atoms with Crippen molar-refractivity contribution in [2.45, 2.75) is 31.9 Å². The Labute approximate surface area is 126 Å². The van der Waals surface area contributed by atoms with Gasteiger partial charge in [-0.2, -0.15) is 0 Å². The lowest BCUT2D eigenvalue weighted by molar-refractivity contribution is -0.137. The number of hydrogen-bond acceptors (Lipinski definition) is 3. The average Bonchev–Trinajstić information content (AvgIpc) is 3.20. The molecule has 2 aliphatic rings. The molecule has 1 N–H and O–H groups in total. The normalized spacial score (nSPS) is 25.1. The predicted octanol–water partition coefficient (Wildman–Crippen LogP) is 1.80. The van der Waals surface area contributed by atoms with Crippen LogP contribution in [-0.4, -0.2) is 43.2 Å². The van der Waals surface area contributed by atoms with E-state index in [9.17, 15) is 4.79 Å². The molecule has 4 heteroatoms. The quantitative estimate of drug-likeness (QED) is 0.898. The number of carbonyl (C=O) groups is 1. The van der Waals surface area contributed by atoms with Crippen molar-refractivity contribution in [1.82, 2.24) is 10.2 Å². The lowest BCUT2D eigenvalue weighted by Crippen LogP contribution is -2.41. The molecule has 114 valence electrons. The van der Waals surface area contributed by atoms with Crippen molar-refractivity contribution in [3.63, 3.8) is 0 Å². The Morgan fingerprint density at radius 2 is 2.14 bits per heavy atom. The first-order chi connectivity index (χ1) is 10.3. The van der Waals surface area contributed by atoms with Crippen LogP contribution in [-0.2, 0) is 16.1 Å². The molecule has 3 rings (SSSR count). The van der Waals surface area contributed by atoms with Gasteiger partial charge in [0.25, 0.3) is 0 Å². The molecule has 1 aromatic rings. The van der Waals surface area contributed by atoms with E-state index in [0.29, 0.717) is 6.54 Å². The lowest BCUT2D eigenvalue weighted by Gasteiger charge is -2.28. The number of hydrogen-bond donors (Lipinski definition) is 1. The highest BCUT2D eigenvalue weighted by Gasteiger charge is 2.29. The van der Waals surface area contributed by atoms with Crippen LogP contribution in [0, 0.1) is 5.92 Å². The number of carbonyl (C=O) groups excluding carboxylic acids is 1. The molecule has 2 heterocycles. The second-order valence-corrected chi connectivity index (χ2v) is 6.03. The van der Waals surface area contributed by atoms with Gasteiger partial charge < -0.3 is 15.0 Å². The van der Waals surface area contributed by atoms with E-state index in [1.54, 1.807) is 0 Å². The second kappa shape index (κ2) is 7.05. The third kappa shape index (κ3) is 3.83. The van der Waals surface area contributed by atoms with E-state index in [1.165, 1.54) is 5.56 Å². The number of ether oxygens (including phenoxy) is 1. The predicted molar refractivity (Wildman–Crippen MR) is 81.8 cm³/mol. The van der Waals surface area contributed by atoms with Crippen LogP contribution in [0.5, 0.6) is 0 Å². The zero-order valence-corrected chi connectivity index (χ0v) is 12.5. The van der Waals surface area contributed by atoms with E-state index in [1.807, 2.05) is 23.1 Å². The molecule has 0 bridgehead atoms. The Morgan fingerprint density at radius 1 is 1.29 bits per heavy atom. The van der Waals surface area contributed by atoms with E-state index in [0.717, 1.165) is 45.5 Å². The molecule has 2 saturated heterocycles. The van der Waals surface area contributed by atoms with E-state index >= 15 is 0 Å². The molecule has 1 amide bonds. The molecule has 0 aliphatic carbocycles. The standard InChI is InChI=1S/C17H24N2O2/c20-17(15-8-9-18-11-15)19(13-16-7-4-10-21-16)12-14-5-2-1-3-6-14/h1-3,5-6,15-16,18H,4,7-13H2. The summed E-state index contributed by atoms with van der Waals surface area (Å²) in [5.41, 5.74) is 1.19. The molecule has 0 spiro atoms. The zero-order valence-electron chi connectivity index (χ0n) is 12.5. The molecule has 2 fully saturated rings. The molecule has 4 nitrogen and oxygen atoms in total. The molecule has 1 aromatic carbocycles. The maximum atomic E-state index is 12.8. The van der Waals surface area contributed by atoms with Crippen molar-refractivity contribution in [3.8, 4) is 0 Å². The molecule has 2 atom stereocenters. The molecular weight excluding hydrogens is 264 g/mol. The third-order valence-corrected chi connectivity index (χ3v) is 4.39. The highest BCUT2D eigenvalue weighted by atomic mass is 16.5. The molecular formula is C17H24N2O2. The van der Waals surface area contributed by atoms with Crippen molar-refractivity contribution < 1.29 is 9.53 Å². The van der Waals surface area contributed by atoms with Gasteiger partial charge in [-0.15, -0.1) is 0 Å². The molecule has 0 aromatic heterocycles. The number of nitrogens with one attached hydrogen (secondary N) is 1. The van der Waals surface area contributed by atoms with Gasteiger partial charge in [0.15, 0.2) is 0 Å². The van der Waals surface area contributed by atoms with Crippen LogP contribution < -0.4 is 5.32 Å². The smallest absolute Gasteiger partial charge is 0.227 e. The van der Waals surface area contributed by atoms with Gasteiger partial charge >= 0.3 is 0 Å². The first kappa shape index (κ1) is 14.5. The topological polar surface area (TPSA) is 41.6 Å². The van der Waals surface area contributed by atoms with Crippen LogP contribution in [0.4, 0.5) is 0 Å². The minimum Gasteiger partial charge on any atom is -0.376 e. The molecule has 2 unspecified atom stereocenters. The summed E-state index contributed by atoms with van der Waals surface area (Å²) in [6.07, 6.45) is 3.35. The van der Waals surface area contributed by atoms with E-state index in [4.69, 9.17) is 4.74 Å². The SMILES string of the molecule is O=C(C1CCNC1)N(Cc1ccccc1)CC1CCCO1. The van der Waals surface area contributed by atoms with Crippen LogP contribution in [0.2, 0.25) is 0 Å². The Morgan fingerprint density at radius 3 is 2.81 bits per heavy atom. The van der Waals surface area contributed by atoms with Gasteiger partial charge in [-0.1, -0.05) is 30.3 Å². The summed E-state index contributed by atoms with van der Waals surface area (Å²) in [4.78, 5) is 14.8. The van der Waals surface area contributed by atoms with Crippen molar-refractivity contribution >= 4 is 5.91 Å². The van der Waals surface area contributed by atoms with Gasteiger partial charge in [0.1, 0.15) is 0 Å². The first-order valence-electron chi connectivity index (χ1n) is 7.98. The van der Waals surface area contributed by atoms with Crippen LogP contribution in [0.25, 0.3) is 0 Å². The monoisotopic (exact) mass is 288 g/mol. The van der Waals surface area contributed by atoms with Gasteiger partial charge in [-0.25, -0.2) is 0 Å².